The third-order valence-electron chi connectivity index (χ3n) is 3.66. The molecule has 0 unspecified atom stereocenters. The Morgan fingerprint density at radius 1 is 1.42 bits per heavy atom. The molecule has 1 aliphatic rings. The summed E-state index contributed by atoms with van der Waals surface area (Å²) in [5.41, 5.74) is 7.35. The molecule has 1 aromatic carbocycles. The Kier molecular flexibility index (Phi) is 5.02. The zero-order valence-electron chi connectivity index (χ0n) is 10.8. The molecule has 3 nitrogen and oxygen atoms in total. The van der Waals surface area contributed by atoms with Gasteiger partial charge in [-0.1, -0.05) is 36.7 Å². The second-order valence-corrected chi connectivity index (χ2v) is 5.73. The highest BCUT2D eigenvalue weighted by Crippen LogP contribution is 2.30. The Morgan fingerprint density at radius 3 is 2.63 bits per heavy atom. The summed E-state index contributed by atoms with van der Waals surface area (Å²) in [6.07, 6.45) is 4.86. The van der Waals surface area contributed by atoms with Crippen LogP contribution in [0.2, 0.25) is 5.02 Å². The molecule has 19 heavy (non-hydrogen) atoms. The van der Waals surface area contributed by atoms with Crippen LogP contribution in [0.3, 0.4) is 0 Å². The number of rotatable bonds is 5. The van der Waals surface area contributed by atoms with Gasteiger partial charge in [-0.3, -0.25) is 0 Å². The van der Waals surface area contributed by atoms with Crippen LogP contribution >= 0.6 is 23.8 Å². The summed E-state index contributed by atoms with van der Waals surface area (Å²) >= 11 is 11.2. The maximum Gasteiger partial charge on any atom is 0.105 e. The Hall–Kier alpha value is -0.840. The molecule has 0 aliphatic heterocycles. The number of thiocarbonyl (C=S) groups is 1. The summed E-state index contributed by atoms with van der Waals surface area (Å²) in [6, 6.07) is 6.23. The number of hydrogen-bond acceptors (Lipinski definition) is 3. The largest absolute Gasteiger partial charge is 0.395 e. The molecule has 104 valence electrons. The van der Waals surface area contributed by atoms with Crippen molar-refractivity contribution in [3.8, 4) is 0 Å². The van der Waals surface area contributed by atoms with Crippen molar-refractivity contribution >= 4 is 34.5 Å². The van der Waals surface area contributed by atoms with Gasteiger partial charge in [0.1, 0.15) is 4.99 Å². The number of benzene rings is 1. The van der Waals surface area contributed by atoms with Crippen molar-refractivity contribution < 1.29 is 5.11 Å². The lowest BCUT2D eigenvalue weighted by atomic mass is 10.1. The van der Waals surface area contributed by atoms with Gasteiger partial charge < -0.3 is 15.7 Å². The molecular formula is C14H19ClN2OS. The van der Waals surface area contributed by atoms with Gasteiger partial charge in [-0.15, -0.1) is 0 Å². The first-order valence-corrected chi connectivity index (χ1v) is 7.39. The predicted octanol–water partition coefficient (Wildman–Crippen LogP) is 2.72. The van der Waals surface area contributed by atoms with Crippen LogP contribution in [0.4, 0.5) is 5.69 Å². The predicted molar refractivity (Wildman–Crippen MR) is 84.0 cm³/mol. The molecule has 5 heteroatoms. The number of nitrogens with zero attached hydrogens (tertiary/aromatic N) is 1. The van der Waals surface area contributed by atoms with Crippen LogP contribution in [0, 0.1) is 0 Å². The fraction of sp³-hybridized carbons (Fsp3) is 0.500. The second kappa shape index (κ2) is 6.55. The number of aliphatic hydroxyl groups excluding tert-OH is 1. The smallest absolute Gasteiger partial charge is 0.105 e. The van der Waals surface area contributed by atoms with Crippen molar-refractivity contribution in [3.05, 3.63) is 28.8 Å². The van der Waals surface area contributed by atoms with Gasteiger partial charge in [0.05, 0.1) is 11.6 Å². The van der Waals surface area contributed by atoms with Crippen LogP contribution in [0.25, 0.3) is 0 Å². The summed E-state index contributed by atoms with van der Waals surface area (Å²) in [7, 11) is 0. The zero-order valence-corrected chi connectivity index (χ0v) is 12.4. The SMILES string of the molecule is NC(=S)c1ccc(N(CCO)C2CCCC2)cc1Cl. The van der Waals surface area contributed by atoms with Gasteiger partial charge in [-0.2, -0.15) is 0 Å². The van der Waals surface area contributed by atoms with Gasteiger partial charge in [0.15, 0.2) is 0 Å². The highest BCUT2D eigenvalue weighted by atomic mass is 35.5. The van der Waals surface area contributed by atoms with Crippen LogP contribution in [0.1, 0.15) is 31.2 Å². The van der Waals surface area contributed by atoms with E-state index in [4.69, 9.17) is 29.6 Å². The Bertz CT molecular complexity index is 461. The van der Waals surface area contributed by atoms with E-state index in [1.54, 1.807) is 0 Å². The van der Waals surface area contributed by atoms with E-state index in [-0.39, 0.29) is 6.61 Å². The molecular weight excluding hydrogens is 280 g/mol. The van der Waals surface area contributed by atoms with E-state index in [0.29, 0.717) is 28.2 Å². The highest BCUT2D eigenvalue weighted by molar-refractivity contribution is 7.80. The third-order valence-corrected chi connectivity index (χ3v) is 4.19. The first-order chi connectivity index (χ1) is 9.13. The van der Waals surface area contributed by atoms with E-state index in [1.807, 2.05) is 18.2 Å². The molecule has 1 fully saturated rings. The number of hydrogen-bond donors (Lipinski definition) is 2. The van der Waals surface area contributed by atoms with E-state index in [9.17, 15) is 5.11 Å². The lowest BCUT2D eigenvalue weighted by molar-refractivity contribution is 0.297. The minimum absolute atomic E-state index is 0.144. The van der Waals surface area contributed by atoms with Crippen LogP contribution in [-0.2, 0) is 0 Å². The number of aliphatic hydroxyl groups is 1. The Morgan fingerprint density at radius 2 is 2.11 bits per heavy atom. The van der Waals surface area contributed by atoms with Crippen molar-refractivity contribution in [1.82, 2.24) is 0 Å². The minimum Gasteiger partial charge on any atom is -0.395 e. The molecule has 1 aliphatic carbocycles. The molecule has 1 saturated carbocycles. The standard InChI is InChI=1S/C14H19ClN2OS/c15-13-9-11(5-6-12(13)14(16)19)17(7-8-18)10-3-1-2-4-10/h5-6,9-10,18H,1-4,7-8H2,(H2,16,19). The van der Waals surface area contributed by atoms with Crippen molar-refractivity contribution in [3.63, 3.8) is 0 Å². The van der Waals surface area contributed by atoms with E-state index in [1.165, 1.54) is 25.7 Å². The van der Waals surface area contributed by atoms with E-state index < -0.39 is 0 Å². The second-order valence-electron chi connectivity index (χ2n) is 4.88. The van der Waals surface area contributed by atoms with Crippen LogP contribution in [0.15, 0.2) is 18.2 Å². The van der Waals surface area contributed by atoms with Gasteiger partial charge in [-0.25, -0.2) is 0 Å². The summed E-state index contributed by atoms with van der Waals surface area (Å²) < 4.78 is 0. The fourth-order valence-electron chi connectivity index (χ4n) is 2.73. The van der Waals surface area contributed by atoms with Crippen LogP contribution in [-0.4, -0.2) is 29.3 Å². The molecule has 0 radical (unpaired) electrons. The summed E-state index contributed by atoms with van der Waals surface area (Å²) in [5.74, 6) is 0. The quantitative estimate of drug-likeness (QED) is 0.821. The average molecular weight is 299 g/mol. The van der Waals surface area contributed by atoms with Crippen molar-refractivity contribution in [2.75, 3.05) is 18.1 Å². The van der Waals surface area contributed by atoms with Crippen molar-refractivity contribution in [2.24, 2.45) is 5.73 Å². The molecule has 0 bridgehead atoms. The lowest BCUT2D eigenvalue weighted by Crippen LogP contribution is -2.35. The van der Waals surface area contributed by atoms with Crippen molar-refractivity contribution in [2.45, 2.75) is 31.7 Å². The average Bonchev–Trinajstić information content (AvgIpc) is 2.89. The normalized spacial score (nSPS) is 15.7. The summed E-state index contributed by atoms with van der Waals surface area (Å²) in [5, 5.41) is 9.83. The first kappa shape index (κ1) is 14.6. The number of halogens is 1. The number of anilines is 1. The topological polar surface area (TPSA) is 49.5 Å². The Labute approximate surface area is 124 Å². The monoisotopic (exact) mass is 298 g/mol. The maximum absolute atomic E-state index is 9.26. The van der Waals surface area contributed by atoms with Gasteiger partial charge in [0.25, 0.3) is 0 Å². The van der Waals surface area contributed by atoms with Gasteiger partial charge >= 0.3 is 0 Å². The lowest BCUT2D eigenvalue weighted by Gasteiger charge is -2.31. The van der Waals surface area contributed by atoms with Gasteiger partial charge in [0.2, 0.25) is 0 Å². The fourth-order valence-corrected chi connectivity index (χ4v) is 3.24. The van der Waals surface area contributed by atoms with Crippen LogP contribution in [0.5, 0.6) is 0 Å². The maximum atomic E-state index is 9.26. The van der Waals surface area contributed by atoms with Gasteiger partial charge in [-0.05, 0) is 31.0 Å². The zero-order chi connectivity index (χ0) is 13.8. The summed E-state index contributed by atoms with van der Waals surface area (Å²) in [6.45, 7) is 0.776. The molecule has 0 aromatic heterocycles. The van der Waals surface area contributed by atoms with E-state index >= 15 is 0 Å². The molecule has 0 atom stereocenters. The molecule has 2 rings (SSSR count). The van der Waals surface area contributed by atoms with E-state index in [2.05, 4.69) is 4.90 Å². The summed E-state index contributed by atoms with van der Waals surface area (Å²) in [4.78, 5) is 2.55. The van der Waals surface area contributed by atoms with Crippen LogP contribution < -0.4 is 10.6 Å². The minimum atomic E-state index is 0.144. The van der Waals surface area contributed by atoms with E-state index in [0.717, 1.165) is 5.69 Å². The molecule has 0 saturated heterocycles. The van der Waals surface area contributed by atoms with Gasteiger partial charge in [0, 0.05) is 23.8 Å². The molecule has 0 amide bonds. The highest BCUT2D eigenvalue weighted by Gasteiger charge is 2.23. The first-order valence-electron chi connectivity index (χ1n) is 6.60. The molecule has 0 heterocycles. The molecule has 1 aromatic rings. The molecule has 3 N–H and O–H groups in total. The number of nitrogens with two attached hydrogens (primary N) is 1. The molecule has 0 spiro atoms. The third kappa shape index (κ3) is 3.38. The van der Waals surface area contributed by atoms with Crippen molar-refractivity contribution in [1.29, 1.82) is 0 Å². The Balaban J connectivity index is 2.26.